The molecule has 1 unspecified atom stereocenters. The Morgan fingerprint density at radius 3 is 2.00 bits per heavy atom. The first-order chi connectivity index (χ1) is 10.5. The van der Waals surface area contributed by atoms with Crippen molar-refractivity contribution in [3.05, 3.63) is 25.3 Å². The van der Waals surface area contributed by atoms with Gasteiger partial charge in [0.15, 0.2) is 0 Å². The zero-order valence-corrected chi connectivity index (χ0v) is 15.6. The van der Waals surface area contributed by atoms with Crippen LogP contribution in [0.1, 0.15) is 85.5 Å². The summed E-state index contributed by atoms with van der Waals surface area (Å²) >= 11 is 0. The summed E-state index contributed by atoms with van der Waals surface area (Å²) in [7, 11) is 0. The topological polar surface area (TPSA) is 14.1 Å². The quantitative estimate of drug-likeness (QED) is 0.315. The Balaban J connectivity index is 3.12. The van der Waals surface area contributed by atoms with Crippen molar-refractivity contribution in [3.63, 3.8) is 0 Å². The third-order valence-electron chi connectivity index (χ3n) is 6.63. The summed E-state index contributed by atoms with van der Waals surface area (Å²) < 4.78 is 0. The first kappa shape index (κ1) is 19.5. The molecular formula is C21H38N. The molecule has 0 amide bonds. The Kier molecular flexibility index (Phi) is 7.38. The van der Waals surface area contributed by atoms with E-state index in [-0.39, 0.29) is 11.0 Å². The highest BCUT2D eigenvalue weighted by Crippen LogP contribution is 2.62. The van der Waals surface area contributed by atoms with Crippen molar-refractivity contribution >= 4 is 0 Å². The fraction of sp³-hybridized carbons (Fsp3) is 0.810. The van der Waals surface area contributed by atoms with E-state index in [0.717, 1.165) is 19.4 Å². The molecule has 1 aliphatic rings. The molecule has 0 N–H and O–H groups in total. The molecule has 0 bridgehead atoms. The van der Waals surface area contributed by atoms with Crippen LogP contribution in [0, 0.1) is 10.8 Å². The Morgan fingerprint density at radius 2 is 1.55 bits per heavy atom. The lowest BCUT2D eigenvalue weighted by molar-refractivity contribution is 0.0147. The smallest absolute Gasteiger partial charge is 0.0396 e. The van der Waals surface area contributed by atoms with Gasteiger partial charge in [-0.1, -0.05) is 58.6 Å². The summed E-state index contributed by atoms with van der Waals surface area (Å²) in [6.45, 7) is 18.6. The van der Waals surface area contributed by atoms with Crippen LogP contribution in [-0.2, 0) is 0 Å². The first-order valence-corrected chi connectivity index (χ1v) is 9.42. The molecule has 0 aliphatic carbocycles. The summed E-state index contributed by atoms with van der Waals surface area (Å²) in [6, 6.07) is 0. The van der Waals surface area contributed by atoms with Crippen molar-refractivity contribution in [1.82, 2.24) is 5.32 Å². The van der Waals surface area contributed by atoms with Crippen molar-refractivity contribution in [3.8, 4) is 0 Å². The second-order valence-electron chi connectivity index (χ2n) is 7.46. The maximum absolute atomic E-state index is 5.26. The van der Waals surface area contributed by atoms with Gasteiger partial charge in [0.2, 0.25) is 0 Å². The minimum absolute atomic E-state index is 0.0785. The predicted molar refractivity (Wildman–Crippen MR) is 99.2 cm³/mol. The highest BCUT2D eigenvalue weighted by molar-refractivity contribution is 5.19. The molecule has 1 rings (SSSR count). The van der Waals surface area contributed by atoms with Crippen LogP contribution >= 0.6 is 0 Å². The molecule has 1 nitrogen and oxygen atoms in total. The second-order valence-corrected chi connectivity index (χ2v) is 7.46. The Labute approximate surface area is 139 Å². The van der Waals surface area contributed by atoms with Crippen molar-refractivity contribution in [2.24, 2.45) is 10.8 Å². The highest BCUT2D eigenvalue weighted by Gasteiger charge is 2.62. The van der Waals surface area contributed by atoms with Gasteiger partial charge in [0, 0.05) is 17.5 Å². The highest BCUT2D eigenvalue weighted by atomic mass is 15.1. The Hall–Kier alpha value is -0.560. The standard InChI is InChI=1S/C21H38N/c1-7-12-13-14-17-19(6)21(15-8-2,16-9-3)20(10-4,11-5)18-22-19/h8-9H,2-3,7,10-18H2,1,4-6H3. The van der Waals surface area contributed by atoms with Gasteiger partial charge in [0.1, 0.15) is 0 Å². The third kappa shape index (κ3) is 3.20. The van der Waals surface area contributed by atoms with Crippen LogP contribution < -0.4 is 5.32 Å². The molecule has 127 valence electrons. The van der Waals surface area contributed by atoms with E-state index in [9.17, 15) is 0 Å². The van der Waals surface area contributed by atoms with Crippen LogP contribution in [0.4, 0.5) is 0 Å². The molecule has 1 atom stereocenters. The summed E-state index contributed by atoms with van der Waals surface area (Å²) in [4.78, 5) is 0. The SMILES string of the molecule is C=CCC1(CC=C)C(CC)(CC)C[N]C1(C)CCCCCC. The number of unbranched alkanes of at least 4 members (excludes halogenated alkanes) is 3. The molecule has 22 heavy (non-hydrogen) atoms. The molecular weight excluding hydrogens is 266 g/mol. The van der Waals surface area contributed by atoms with E-state index in [1.54, 1.807) is 0 Å². The van der Waals surface area contributed by atoms with Crippen molar-refractivity contribution < 1.29 is 0 Å². The zero-order valence-electron chi connectivity index (χ0n) is 15.6. The largest absolute Gasteiger partial charge is 0.234 e. The molecule has 1 radical (unpaired) electrons. The van der Waals surface area contributed by atoms with Crippen molar-refractivity contribution in [1.29, 1.82) is 0 Å². The van der Waals surface area contributed by atoms with Crippen molar-refractivity contribution in [2.75, 3.05) is 6.54 Å². The predicted octanol–water partition coefficient (Wildman–Crippen LogP) is 6.28. The molecule has 0 aromatic heterocycles. The molecule has 1 saturated heterocycles. The summed E-state index contributed by atoms with van der Waals surface area (Å²) in [6.07, 6.45) is 15.3. The Morgan fingerprint density at radius 1 is 0.955 bits per heavy atom. The monoisotopic (exact) mass is 304 g/mol. The first-order valence-electron chi connectivity index (χ1n) is 9.42. The molecule has 1 heterocycles. The van der Waals surface area contributed by atoms with Gasteiger partial charge in [-0.05, 0) is 44.4 Å². The number of nitrogens with zero attached hydrogens (tertiary/aromatic N) is 1. The van der Waals surface area contributed by atoms with Crippen LogP contribution in [0.5, 0.6) is 0 Å². The van der Waals surface area contributed by atoms with E-state index in [1.807, 2.05) is 0 Å². The van der Waals surface area contributed by atoms with E-state index in [4.69, 9.17) is 5.32 Å². The molecule has 1 fully saturated rings. The third-order valence-corrected chi connectivity index (χ3v) is 6.63. The van der Waals surface area contributed by atoms with Crippen LogP contribution in [-0.4, -0.2) is 12.1 Å². The normalized spacial score (nSPS) is 26.0. The lowest BCUT2D eigenvalue weighted by Crippen LogP contribution is -2.52. The van der Waals surface area contributed by atoms with E-state index in [1.165, 1.54) is 44.9 Å². The number of hydrogen-bond acceptors (Lipinski definition) is 0. The summed E-state index contributed by atoms with van der Waals surface area (Å²) in [5.74, 6) is 0. The second kappa shape index (κ2) is 8.34. The number of hydrogen-bond donors (Lipinski definition) is 0. The van der Waals surface area contributed by atoms with E-state index >= 15 is 0 Å². The van der Waals surface area contributed by atoms with E-state index < -0.39 is 0 Å². The zero-order chi connectivity index (χ0) is 16.7. The minimum atomic E-state index is 0.0785. The average Bonchev–Trinajstić information content (AvgIpc) is 2.75. The lowest BCUT2D eigenvalue weighted by atomic mass is 9.52. The molecule has 0 aromatic carbocycles. The number of allylic oxidation sites excluding steroid dienone is 2. The molecule has 1 heteroatoms. The lowest BCUT2D eigenvalue weighted by Gasteiger charge is -2.52. The van der Waals surface area contributed by atoms with Gasteiger partial charge >= 0.3 is 0 Å². The molecule has 1 aliphatic heterocycles. The molecule has 0 spiro atoms. The fourth-order valence-electron chi connectivity index (χ4n) is 5.01. The van der Waals surface area contributed by atoms with Gasteiger partial charge in [0.25, 0.3) is 0 Å². The van der Waals surface area contributed by atoms with Crippen LogP contribution in [0.15, 0.2) is 25.3 Å². The molecule has 0 aromatic rings. The Bertz CT molecular complexity index is 343. The number of rotatable bonds is 11. The summed E-state index contributed by atoms with van der Waals surface area (Å²) in [5, 5.41) is 5.26. The average molecular weight is 305 g/mol. The van der Waals surface area contributed by atoms with E-state index in [0.29, 0.717) is 5.41 Å². The van der Waals surface area contributed by atoms with Crippen molar-refractivity contribution in [2.45, 2.75) is 91.0 Å². The van der Waals surface area contributed by atoms with Gasteiger partial charge in [0.05, 0.1) is 0 Å². The van der Waals surface area contributed by atoms with Gasteiger partial charge in [-0.2, -0.15) is 0 Å². The van der Waals surface area contributed by atoms with Gasteiger partial charge in [-0.3, -0.25) is 0 Å². The van der Waals surface area contributed by atoms with Crippen LogP contribution in [0.3, 0.4) is 0 Å². The van der Waals surface area contributed by atoms with E-state index in [2.05, 4.69) is 53.0 Å². The van der Waals surface area contributed by atoms with Crippen LogP contribution in [0.25, 0.3) is 0 Å². The summed E-state index contributed by atoms with van der Waals surface area (Å²) in [5.41, 5.74) is 0.600. The van der Waals surface area contributed by atoms with Gasteiger partial charge in [-0.15, -0.1) is 13.2 Å². The van der Waals surface area contributed by atoms with Gasteiger partial charge < -0.3 is 0 Å². The maximum atomic E-state index is 5.26. The maximum Gasteiger partial charge on any atom is 0.0396 e. The molecule has 0 saturated carbocycles. The van der Waals surface area contributed by atoms with Crippen LogP contribution in [0.2, 0.25) is 0 Å². The minimum Gasteiger partial charge on any atom is -0.234 e. The van der Waals surface area contributed by atoms with Gasteiger partial charge in [-0.25, -0.2) is 5.32 Å². The fourth-order valence-corrected chi connectivity index (χ4v) is 5.01.